The number of hydrogen-bond acceptors (Lipinski definition) is 3. The van der Waals surface area contributed by atoms with Crippen LogP contribution in [0.2, 0.25) is 0 Å². The summed E-state index contributed by atoms with van der Waals surface area (Å²) in [4.78, 5) is 26.7. The van der Waals surface area contributed by atoms with Gasteiger partial charge in [-0.05, 0) is 47.7 Å². The topological polar surface area (TPSA) is 74.0 Å². The zero-order valence-electron chi connectivity index (χ0n) is 13.4. The molecule has 1 amide bonds. The van der Waals surface area contributed by atoms with Crippen LogP contribution in [0.5, 0.6) is 0 Å². The van der Waals surface area contributed by atoms with E-state index in [0.29, 0.717) is 12.1 Å². The van der Waals surface area contributed by atoms with Crippen molar-refractivity contribution in [1.82, 2.24) is 10.3 Å². The first-order valence-corrected chi connectivity index (χ1v) is 7.66. The molecule has 1 aromatic heterocycles. The van der Waals surface area contributed by atoms with Crippen LogP contribution in [-0.4, -0.2) is 17.4 Å². The predicted octanol–water partition coefficient (Wildman–Crippen LogP) is 3.15. The van der Waals surface area contributed by atoms with Gasteiger partial charge >= 0.3 is 6.18 Å². The number of halogens is 3. The van der Waals surface area contributed by atoms with Crippen molar-refractivity contribution in [2.45, 2.75) is 6.18 Å². The Hall–Kier alpha value is -3.29. The highest BCUT2D eigenvalue weighted by molar-refractivity contribution is 6.04. The van der Waals surface area contributed by atoms with Gasteiger partial charge in [0.1, 0.15) is 5.69 Å². The monoisotopic (exact) mass is 361 g/mol. The second kappa shape index (κ2) is 6.91. The van der Waals surface area contributed by atoms with Crippen molar-refractivity contribution < 1.29 is 18.0 Å². The van der Waals surface area contributed by atoms with Gasteiger partial charge in [0.25, 0.3) is 11.5 Å². The quantitative estimate of drug-likeness (QED) is 0.786. The molecule has 0 aliphatic carbocycles. The summed E-state index contributed by atoms with van der Waals surface area (Å²) < 4.78 is 38.3. The molecule has 5 nitrogen and oxygen atoms in total. The number of nitrogens with one attached hydrogen (secondary N) is 3. The molecule has 1 aliphatic heterocycles. The number of carbonyl (C=O) groups is 1. The maximum absolute atomic E-state index is 12.8. The van der Waals surface area contributed by atoms with Gasteiger partial charge in [0, 0.05) is 18.3 Å². The number of pyridine rings is 1. The van der Waals surface area contributed by atoms with Gasteiger partial charge in [-0.25, -0.2) is 0 Å². The molecule has 0 atom stereocenters. The summed E-state index contributed by atoms with van der Waals surface area (Å²) in [5, 5.41) is 5.36. The lowest BCUT2D eigenvalue weighted by Gasteiger charge is -2.11. The fraction of sp³-hybridized carbons (Fsp3) is 0.111. The molecule has 2 heterocycles. The second-order valence-corrected chi connectivity index (χ2v) is 5.56. The fourth-order valence-electron chi connectivity index (χ4n) is 2.44. The Kier molecular flexibility index (Phi) is 4.66. The van der Waals surface area contributed by atoms with Crippen molar-refractivity contribution in [3.8, 4) is 0 Å². The van der Waals surface area contributed by atoms with Gasteiger partial charge in [0.2, 0.25) is 0 Å². The minimum Gasteiger partial charge on any atom is -0.387 e. The molecule has 0 radical (unpaired) electrons. The van der Waals surface area contributed by atoms with Gasteiger partial charge in [-0.15, -0.1) is 0 Å². The first kappa shape index (κ1) is 17.5. The normalized spacial score (nSPS) is 13.7. The van der Waals surface area contributed by atoms with Gasteiger partial charge in [0.05, 0.1) is 5.56 Å². The summed E-state index contributed by atoms with van der Waals surface area (Å²) in [6, 6.07) is 5.49. The van der Waals surface area contributed by atoms with E-state index in [9.17, 15) is 22.8 Å². The van der Waals surface area contributed by atoms with Crippen LogP contribution in [0.1, 0.15) is 21.5 Å². The van der Waals surface area contributed by atoms with E-state index in [0.717, 1.165) is 23.8 Å². The Morgan fingerprint density at radius 3 is 2.69 bits per heavy atom. The molecular weight excluding hydrogens is 347 g/mol. The third-order valence-corrected chi connectivity index (χ3v) is 3.76. The van der Waals surface area contributed by atoms with Gasteiger partial charge in [-0.2, -0.15) is 13.2 Å². The van der Waals surface area contributed by atoms with E-state index in [1.54, 1.807) is 12.3 Å². The molecule has 1 aliphatic rings. The zero-order chi connectivity index (χ0) is 18.7. The molecule has 26 heavy (non-hydrogen) atoms. The molecule has 0 saturated carbocycles. The van der Waals surface area contributed by atoms with E-state index < -0.39 is 23.2 Å². The summed E-state index contributed by atoms with van der Waals surface area (Å²) in [6.45, 7) is 0.622. The molecule has 134 valence electrons. The van der Waals surface area contributed by atoms with Gasteiger partial charge in [-0.3, -0.25) is 9.59 Å². The largest absolute Gasteiger partial charge is 0.416 e. The smallest absolute Gasteiger partial charge is 0.387 e. The van der Waals surface area contributed by atoms with E-state index in [1.807, 2.05) is 6.08 Å². The molecule has 0 bridgehead atoms. The zero-order valence-corrected chi connectivity index (χ0v) is 13.4. The number of H-pyrrole nitrogens is 1. The number of aromatic nitrogens is 1. The second-order valence-electron chi connectivity index (χ2n) is 5.56. The first-order valence-electron chi connectivity index (χ1n) is 7.66. The van der Waals surface area contributed by atoms with Crippen LogP contribution < -0.4 is 16.2 Å². The number of amides is 1. The standard InChI is InChI=1S/C18H14F3N3O2/c19-18(20,21)14-3-1-2-12(8-14)16(25)24-15-9-13(10-23-17(15)26)11-4-6-22-7-5-11/h1-6,8-10,22H,7H2,(H,23,26)(H,24,25). The van der Waals surface area contributed by atoms with E-state index in [4.69, 9.17) is 0 Å². The average Bonchev–Trinajstić information content (AvgIpc) is 2.63. The number of anilines is 1. The number of carbonyl (C=O) groups excluding carboxylic acids is 1. The maximum Gasteiger partial charge on any atom is 0.416 e. The van der Waals surface area contributed by atoms with E-state index in [-0.39, 0.29) is 11.3 Å². The van der Waals surface area contributed by atoms with Crippen LogP contribution in [0, 0.1) is 0 Å². The first-order chi connectivity index (χ1) is 12.3. The number of hydrogen-bond donors (Lipinski definition) is 3. The van der Waals surface area contributed by atoms with Crippen LogP contribution in [0.25, 0.3) is 5.57 Å². The van der Waals surface area contributed by atoms with E-state index >= 15 is 0 Å². The Labute approximate surface area is 146 Å². The van der Waals surface area contributed by atoms with Crippen molar-refractivity contribution in [2.75, 3.05) is 11.9 Å². The molecule has 0 fully saturated rings. The minimum atomic E-state index is -4.55. The Morgan fingerprint density at radius 2 is 2.00 bits per heavy atom. The van der Waals surface area contributed by atoms with Gasteiger partial charge < -0.3 is 15.6 Å². The third-order valence-electron chi connectivity index (χ3n) is 3.76. The van der Waals surface area contributed by atoms with Crippen molar-refractivity contribution in [1.29, 1.82) is 0 Å². The number of allylic oxidation sites excluding steroid dienone is 2. The third kappa shape index (κ3) is 3.85. The highest BCUT2D eigenvalue weighted by Gasteiger charge is 2.30. The SMILES string of the molecule is O=C(Nc1cc(C2=CCNC=C2)c[nH]c1=O)c1cccc(C(F)(F)F)c1. The number of alkyl halides is 3. The van der Waals surface area contributed by atoms with E-state index in [2.05, 4.69) is 15.6 Å². The highest BCUT2D eigenvalue weighted by atomic mass is 19.4. The van der Waals surface area contributed by atoms with Crippen LogP contribution in [0.3, 0.4) is 0 Å². The number of rotatable bonds is 3. The molecular formula is C18H14F3N3O2. The summed E-state index contributed by atoms with van der Waals surface area (Å²) in [7, 11) is 0. The van der Waals surface area contributed by atoms with Crippen molar-refractivity contribution in [2.24, 2.45) is 0 Å². The fourth-order valence-corrected chi connectivity index (χ4v) is 2.44. The van der Waals surface area contributed by atoms with Gasteiger partial charge in [-0.1, -0.05) is 12.1 Å². The molecule has 2 aromatic rings. The highest BCUT2D eigenvalue weighted by Crippen LogP contribution is 2.29. The molecule has 0 unspecified atom stereocenters. The van der Waals surface area contributed by atoms with Crippen LogP contribution in [0.4, 0.5) is 18.9 Å². The predicted molar refractivity (Wildman–Crippen MR) is 91.6 cm³/mol. The van der Waals surface area contributed by atoms with Gasteiger partial charge in [0.15, 0.2) is 0 Å². The minimum absolute atomic E-state index is 0.0438. The number of benzene rings is 1. The number of dihydropyridines is 1. The van der Waals surface area contributed by atoms with Crippen molar-refractivity contribution in [3.05, 3.63) is 81.9 Å². The Morgan fingerprint density at radius 1 is 1.19 bits per heavy atom. The molecule has 3 N–H and O–H groups in total. The summed E-state index contributed by atoms with van der Waals surface area (Å²) in [5.41, 5.74) is -0.204. The summed E-state index contributed by atoms with van der Waals surface area (Å²) >= 11 is 0. The molecule has 0 saturated heterocycles. The number of aromatic amines is 1. The molecule has 3 rings (SSSR count). The molecule has 0 spiro atoms. The van der Waals surface area contributed by atoms with Crippen LogP contribution >= 0.6 is 0 Å². The lowest BCUT2D eigenvalue weighted by atomic mass is 10.1. The maximum atomic E-state index is 12.8. The molecule has 8 heteroatoms. The van der Waals surface area contributed by atoms with Crippen molar-refractivity contribution >= 4 is 17.2 Å². The van der Waals surface area contributed by atoms with Crippen LogP contribution in [0.15, 0.2) is 59.7 Å². The summed E-state index contributed by atoms with van der Waals surface area (Å²) in [6.07, 6.45) is 2.40. The molecule has 1 aromatic carbocycles. The van der Waals surface area contributed by atoms with E-state index in [1.165, 1.54) is 18.3 Å². The lowest BCUT2D eigenvalue weighted by Crippen LogP contribution is -2.20. The Bertz CT molecular complexity index is 959. The summed E-state index contributed by atoms with van der Waals surface area (Å²) in [5.74, 6) is -0.798. The Balaban J connectivity index is 1.87. The average molecular weight is 361 g/mol. The lowest BCUT2D eigenvalue weighted by molar-refractivity contribution is -0.137. The van der Waals surface area contributed by atoms with Crippen LogP contribution in [-0.2, 0) is 6.18 Å². The van der Waals surface area contributed by atoms with Crippen molar-refractivity contribution in [3.63, 3.8) is 0 Å².